The van der Waals surface area contributed by atoms with Gasteiger partial charge in [0.05, 0.1) is 11.0 Å². The highest BCUT2D eigenvalue weighted by molar-refractivity contribution is 9.08. The maximum absolute atomic E-state index is 11.9. The van der Waals surface area contributed by atoms with Crippen LogP contribution in [0, 0.1) is 10.1 Å². The van der Waals surface area contributed by atoms with Gasteiger partial charge in [-0.1, -0.05) is 15.9 Å². The van der Waals surface area contributed by atoms with Gasteiger partial charge in [-0.2, -0.15) is 0 Å². The Balaban J connectivity index is 3.30. The van der Waals surface area contributed by atoms with Crippen LogP contribution in [0.4, 0.5) is 18.9 Å². The SMILES string of the molecule is O=c1[nH]c(OC(F)(F)F)cc([N+](=O)[O-])c1CBr. The van der Waals surface area contributed by atoms with Crippen molar-refractivity contribution in [2.24, 2.45) is 0 Å². The van der Waals surface area contributed by atoms with Crippen molar-refractivity contribution >= 4 is 21.6 Å². The molecule has 0 spiro atoms. The standard InChI is InChI=1S/C7H4BrF3N2O4/c8-2-3-4(13(15)16)1-5(12-6(3)14)17-7(9,10)11/h1H,2H2,(H,12,14). The molecule has 0 fully saturated rings. The largest absolute Gasteiger partial charge is 0.574 e. The van der Waals surface area contributed by atoms with Gasteiger partial charge in [-0.3, -0.25) is 19.9 Å². The van der Waals surface area contributed by atoms with E-state index in [2.05, 4.69) is 20.7 Å². The number of nitrogens with zero attached hydrogens (tertiary/aromatic N) is 1. The van der Waals surface area contributed by atoms with Crippen LogP contribution in [0.25, 0.3) is 0 Å². The summed E-state index contributed by atoms with van der Waals surface area (Å²) in [6.07, 6.45) is -5.03. The lowest BCUT2D eigenvalue weighted by atomic mass is 10.2. The third kappa shape index (κ3) is 3.44. The Bertz CT molecular complexity index is 499. The molecule has 94 valence electrons. The smallest absolute Gasteiger partial charge is 0.390 e. The second-order valence-corrected chi connectivity index (χ2v) is 3.33. The van der Waals surface area contributed by atoms with E-state index in [0.29, 0.717) is 6.07 Å². The molecule has 0 saturated carbocycles. The molecule has 0 amide bonds. The maximum Gasteiger partial charge on any atom is 0.574 e. The van der Waals surface area contributed by atoms with Gasteiger partial charge < -0.3 is 4.74 Å². The Morgan fingerprint density at radius 3 is 2.53 bits per heavy atom. The minimum Gasteiger partial charge on any atom is -0.390 e. The number of pyridine rings is 1. The van der Waals surface area contributed by atoms with E-state index in [1.807, 2.05) is 0 Å². The molecule has 10 heteroatoms. The highest BCUT2D eigenvalue weighted by Crippen LogP contribution is 2.25. The topological polar surface area (TPSA) is 85.2 Å². The van der Waals surface area contributed by atoms with Gasteiger partial charge in [-0.25, -0.2) is 0 Å². The van der Waals surface area contributed by atoms with Crippen LogP contribution in [-0.2, 0) is 5.33 Å². The molecule has 0 aliphatic carbocycles. The van der Waals surface area contributed by atoms with Gasteiger partial charge >= 0.3 is 6.36 Å². The fraction of sp³-hybridized carbons (Fsp3) is 0.286. The number of hydrogen-bond acceptors (Lipinski definition) is 4. The second-order valence-electron chi connectivity index (χ2n) is 2.77. The number of rotatable bonds is 3. The monoisotopic (exact) mass is 316 g/mol. The summed E-state index contributed by atoms with van der Waals surface area (Å²) in [5.74, 6) is -1.03. The summed E-state index contributed by atoms with van der Waals surface area (Å²) in [5, 5.41) is 10.4. The molecular weight excluding hydrogens is 313 g/mol. The molecule has 6 nitrogen and oxygen atoms in total. The van der Waals surface area contributed by atoms with Crippen LogP contribution in [0.5, 0.6) is 5.88 Å². The number of H-pyrrole nitrogens is 1. The minimum absolute atomic E-state index is 0.162. The molecule has 0 bridgehead atoms. The van der Waals surface area contributed by atoms with E-state index < -0.39 is 28.4 Å². The Hall–Kier alpha value is -1.58. The average Bonchev–Trinajstić information content (AvgIpc) is 2.13. The first-order valence-corrected chi connectivity index (χ1v) is 5.09. The quantitative estimate of drug-likeness (QED) is 0.525. The fourth-order valence-corrected chi connectivity index (χ4v) is 1.56. The zero-order chi connectivity index (χ0) is 13.2. The van der Waals surface area contributed by atoms with Crippen LogP contribution in [0.1, 0.15) is 5.56 Å². The Morgan fingerprint density at radius 1 is 1.53 bits per heavy atom. The molecule has 0 aliphatic heterocycles. The van der Waals surface area contributed by atoms with Gasteiger partial charge in [0.1, 0.15) is 5.56 Å². The van der Waals surface area contributed by atoms with E-state index in [4.69, 9.17) is 0 Å². The van der Waals surface area contributed by atoms with Gasteiger partial charge in [-0.05, 0) is 0 Å². The molecule has 0 radical (unpaired) electrons. The van der Waals surface area contributed by atoms with E-state index in [9.17, 15) is 28.1 Å². The first-order valence-electron chi connectivity index (χ1n) is 3.97. The molecule has 17 heavy (non-hydrogen) atoms. The zero-order valence-corrected chi connectivity index (χ0v) is 9.46. The molecule has 0 unspecified atom stereocenters. The van der Waals surface area contributed by atoms with E-state index in [1.165, 1.54) is 0 Å². The third-order valence-electron chi connectivity index (χ3n) is 1.64. The van der Waals surface area contributed by atoms with Gasteiger partial charge in [0.25, 0.3) is 11.2 Å². The van der Waals surface area contributed by atoms with Crippen molar-refractivity contribution in [2.45, 2.75) is 11.7 Å². The number of aromatic nitrogens is 1. The third-order valence-corrected chi connectivity index (χ3v) is 2.20. The number of aromatic amines is 1. The molecule has 1 rings (SSSR count). The summed E-state index contributed by atoms with van der Waals surface area (Å²) in [6.45, 7) is 0. The molecular formula is C7H4BrF3N2O4. The molecule has 1 heterocycles. The number of ether oxygens (including phenoxy) is 1. The number of alkyl halides is 4. The molecule has 1 N–H and O–H groups in total. The maximum atomic E-state index is 11.9. The van der Waals surface area contributed by atoms with Crippen molar-refractivity contribution in [1.29, 1.82) is 0 Å². The highest BCUT2D eigenvalue weighted by Gasteiger charge is 2.33. The lowest BCUT2D eigenvalue weighted by molar-refractivity contribution is -0.385. The Labute approximate surface area is 99.7 Å². The van der Waals surface area contributed by atoms with Gasteiger partial charge in [0.2, 0.25) is 5.88 Å². The van der Waals surface area contributed by atoms with E-state index >= 15 is 0 Å². The van der Waals surface area contributed by atoms with Crippen LogP contribution in [0.2, 0.25) is 0 Å². The lowest BCUT2D eigenvalue weighted by Gasteiger charge is -2.08. The minimum atomic E-state index is -5.03. The van der Waals surface area contributed by atoms with Crippen molar-refractivity contribution in [3.63, 3.8) is 0 Å². The summed E-state index contributed by atoms with van der Waals surface area (Å²) in [4.78, 5) is 22.6. The summed E-state index contributed by atoms with van der Waals surface area (Å²) in [5.41, 5.74) is -2.05. The fourth-order valence-electron chi connectivity index (χ4n) is 1.02. The van der Waals surface area contributed by atoms with Gasteiger partial charge in [0.15, 0.2) is 0 Å². The summed E-state index contributed by atoms with van der Waals surface area (Å²) < 4.78 is 39.0. The summed E-state index contributed by atoms with van der Waals surface area (Å²) in [6, 6.07) is 0.505. The zero-order valence-electron chi connectivity index (χ0n) is 7.88. The Morgan fingerprint density at radius 2 is 2.12 bits per heavy atom. The molecule has 0 aliphatic rings. The first-order chi connectivity index (χ1) is 7.74. The molecule has 0 atom stereocenters. The van der Waals surface area contributed by atoms with E-state index in [-0.39, 0.29) is 10.9 Å². The number of nitro groups is 1. The average molecular weight is 317 g/mol. The van der Waals surface area contributed by atoms with E-state index in [0.717, 1.165) is 0 Å². The van der Waals surface area contributed by atoms with Gasteiger partial charge in [0, 0.05) is 5.33 Å². The molecule has 0 saturated heterocycles. The van der Waals surface area contributed by atoms with Gasteiger partial charge in [-0.15, -0.1) is 13.2 Å². The van der Waals surface area contributed by atoms with Crippen molar-refractivity contribution in [3.8, 4) is 5.88 Å². The number of hydrogen-bond donors (Lipinski definition) is 1. The van der Waals surface area contributed by atoms with Crippen molar-refractivity contribution < 1.29 is 22.8 Å². The van der Waals surface area contributed by atoms with E-state index in [1.54, 1.807) is 4.98 Å². The lowest BCUT2D eigenvalue weighted by Crippen LogP contribution is -2.22. The van der Waals surface area contributed by atoms with Crippen molar-refractivity contribution in [3.05, 3.63) is 32.1 Å². The molecule has 1 aromatic heterocycles. The molecule has 0 aromatic carbocycles. The number of halogens is 4. The van der Waals surface area contributed by atoms with Crippen molar-refractivity contribution in [1.82, 2.24) is 4.98 Å². The highest BCUT2D eigenvalue weighted by atomic mass is 79.9. The predicted molar refractivity (Wildman–Crippen MR) is 53.0 cm³/mol. The van der Waals surface area contributed by atoms with Crippen LogP contribution >= 0.6 is 15.9 Å². The number of nitrogens with one attached hydrogen (secondary N) is 1. The van der Waals surface area contributed by atoms with Crippen LogP contribution in [0.15, 0.2) is 10.9 Å². The summed E-state index contributed by atoms with van der Waals surface area (Å²) >= 11 is 2.83. The van der Waals surface area contributed by atoms with Crippen molar-refractivity contribution in [2.75, 3.05) is 0 Å². The van der Waals surface area contributed by atoms with Crippen LogP contribution in [-0.4, -0.2) is 16.3 Å². The Kier molecular flexibility index (Phi) is 3.76. The van der Waals surface area contributed by atoms with Crippen LogP contribution in [0.3, 0.4) is 0 Å². The van der Waals surface area contributed by atoms with Crippen LogP contribution < -0.4 is 10.3 Å². The second kappa shape index (κ2) is 4.73. The first kappa shape index (κ1) is 13.5. The normalized spacial score (nSPS) is 11.3. The molecule has 1 aromatic rings. The predicted octanol–water partition coefficient (Wildman–Crippen LogP) is 2.08. The summed E-state index contributed by atoms with van der Waals surface area (Å²) in [7, 11) is 0.